The van der Waals surface area contributed by atoms with Gasteiger partial charge in [-0.25, -0.2) is 0 Å². The molecule has 1 saturated carbocycles. The Morgan fingerprint density at radius 2 is 1.92 bits per heavy atom. The first-order valence-corrected chi connectivity index (χ1v) is 9.13. The molecule has 0 bridgehead atoms. The number of hydrogen-bond acceptors (Lipinski definition) is 4. The second-order valence-electron chi connectivity index (χ2n) is 7.24. The van der Waals surface area contributed by atoms with Crippen LogP contribution in [0.15, 0.2) is 29.1 Å². The number of carbonyl (C=O) groups excluding carboxylic acids is 1. The Morgan fingerprint density at radius 1 is 1.19 bits per heavy atom. The summed E-state index contributed by atoms with van der Waals surface area (Å²) < 4.78 is 1.48. The highest BCUT2D eigenvalue weighted by Gasteiger charge is 2.29. The van der Waals surface area contributed by atoms with Crippen LogP contribution < -0.4 is 10.9 Å². The van der Waals surface area contributed by atoms with Crippen LogP contribution in [0.5, 0.6) is 0 Å². The molecule has 1 heterocycles. The van der Waals surface area contributed by atoms with Crippen LogP contribution in [0.25, 0.3) is 10.9 Å². The van der Waals surface area contributed by atoms with Crippen molar-refractivity contribution in [2.45, 2.75) is 64.3 Å². The van der Waals surface area contributed by atoms with E-state index in [1.54, 1.807) is 6.07 Å². The predicted octanol–water partition coefficient (Wildman–Crippen LogP) is 1.40. The molecule has 1 aromatic carbocycles. The zero-order chi connectivity index (χ0) is 18.8. The number of amides is 1. The quantitative estimate of drug-likeness (QED) is 0.723. The molecule has 140 valence electrons. The Bertz CT molecular complexity index is 874. The van der Waals surface area contributed by atoms with Crippen LogP contribution in [0.4, 0.5) is 0 Å². The van der Waals surface area contributed by atoms with Crippen LogP contribution in [-0.2, 0) is 11.3 Å². The molecule has 0 spiro atoms. The molecule has 0 unspecified atom stereocenters. The Kier molecular flexibility index (Phi) is 5.44. The molecule has 1 aliphatic rings. The van der Waals surface area contributed by atoms with Crippen molar-refractivity contribution in [2.75, 3.05) is 0 Å². The maximum absolute atomic E-state index is 12.6. The minimum Gasteiger partial charge on any atom is -0.390 e. The van der Waals surface area contributed by atoms with Gasteiger partial charge in [0.25, 0.3) is 5.56 Å². The number of nitrogens with one attached hydrogen (secondary N) is 1. The molecule has 1 aliphatic carbocycles. The molecule has 6 nitrogen and oxygen atoms in total. The number of para-hydroxylation sites is 1. The van der Waals surface area contributed by atoms with E-state index in [1.165, 1.54) is 4.57 Å². The number of aromatic nitrogens is 1. The zero-order valence-corrected chi connectivity index (χ0v) is 15.2. The number of nitrogens with zero attached hydrogens (tertiary/aromatic N) is 1. The first-order chi connectivity index (χ1) is 12.4. The first kappa shape index (κ1) is 18.6. The number of carbonyl (C=O) groups is 1. The molecule has 0 aliphatic heterocycles. The summed E-state index contributed by atoms with van der Waals surface area (Å²) in [7, 11) is 0. The third-order valence-corrected chi connectivity index (χ3v) is 5.26. The van der Waals surface area contributed by atoms with E-state index in [4.69, 9.17) is 0 Å². The maximum Gasteiger partial charge on any atom is 0.251 e. The second-order valence-corrected chi connectivity index (χ2v) is 7.24. The van der Waals surface area contributed by atoms with Crippen LogP contribution in [0.3, 0.4) is 0 Å². The fraction of sp³-hybridized carbons (Fsp3) is 0.500. The summed E-state index contributed by atoms with van der Waals surface area (Å²) in [6.45, 7) is 3.69. The average molecular weight is 358 g/mol. The van der Waals surface area contributed by atoms with Crippen LogP contribution in [0.2, 0.25) is 0 Å². The third kappa shape index (κ3) is 3.66. The lowest BCUT2D eigenvalue weighted by Crippen LogP contribution is -2.48. The topological polar surface area (TPSA) is 91.6 Å². The number of aliphatic hydroxyl groups is 2. The van der Waals surface area contributed by atoms with E-state index >= 15 is 0 Å². The van der Waals surface area contributed by atoms with E-state index in [9.17, 15) is 19.8 Å². The summed E-state index contributed by atoms with van der Waals surface area (Å²) in [5, 5.41) is 23.9. The molecule has 1 fully saturated rings. The monoisotopic (exact) mass is 358 g/mol. The summed E-state index contributed by atoms with van der Waals surface area (Å²) >= 11 is 0. The van der Waals surface area contributed by atoms with E-state index in [0.29, 0.717) is 12.8 Å². The van der Waals surface area contributed by atoms with Crippen LogP contribution >= 0.6 is 0 Å². The van der Waals surface area contributed by atoms with Crippen LogP contribution in [0.1, 0.15) is 36.8 Å². The van der Waals surface area contributed by atoms with E-state index in [1.807, 2.05) is 32.0 Å². The molecule has 0 radical (unpaired) electrons. The van der Waals surface area contributed by atoms with Gasteiger partial charge in [0, 0.05) is 11.5 Å². The van der Waals surface area contributed by atoms with Crippen molar-refractivity contribution < 1.29 is 15.0 Å². The van der Waals surface area contributed by atoms with E-state index in [-0.39, 0.29) is 18.0 Å². The molecule has 1 aromatic heterocycles. The molecule has 2 aromatic rings. The van der Waals surface area contributed by atoms with Gasteiger partial charge < -0.3 is 15.5 Å². The van der Waals surface area contributed by atoms with Gasteiger partial charge in [-0.1, -0.05) is 31.0 Å². The van der Waals surface area contributed by atoms with Gasteiger partial charge in [0.15, 0.2) is 0 Å². The third-order valence-electron chi connectivity index (χ3n) is 5.26. The van der Waals surface area contributed by atoms with Gasteiger partial charge in [0.1, 0.15) is 6.54 Å². The number of aryl methyl sites for hydroxylation is 2. The van der Waals surface area contributed by atoms with Gasteiger partial charge in [-0.05, 0) is 37.8 Å². The fourth-order valence-electron chi connectivity index (χ4n) is 3.82. The lowest BCUT2D eigenvalue weighted by Gasteiger charge is -2.25. The minimum absolute atomic E-state index is 0.111. The zero-order valence-electron chi connectivity index (χ0n) is 15.2. The summed E-state index contributed by atoms with van der Waals surface area (Å²) in [6, 6.07) is 6.84. The van der Waals surface area contributed by atoms with Crippen molar-refractivity contribution in [1.82, 2.24) is 9.88 Å². The normalized spacial score (nSPS) is 23.6. The molecule has 26 heavy (non-hydrogen) atoms. The van der Waals surface area contributed by atoms with Crippen molar-refractivity contribution >= 4 is 16.8 Å². The Morgan fingerprint density at radius 3 is 2.69 bits per heavy atom. The molecule has 3 atom stereocenters. The summed E-state index contributed by atoms with van der Waals surface area (Å²) in [5.41, 5.74) is 2.35. The average Bonchev–Trinajstić information content (AvgIpc) is 2.74. The highest BCUT2D eigenvalue weighted by Crippen LogP contribution is 2.21. The standard InChI is InChI=1S/C20H26N2O4/c1-12-6-5-7-14-13(2)10-18(25)22(19(12)14)11-17(24)21-15-8-3-4-9-16(23)20(15)26/h5-7,10,15-16,20,23,26H,3-4,8-9,11H2,1-2H3,(H,21,24)/t15-,16-,20-/m1/s1. The van der Waals surface area contributed by atoms with E-state index in [0.717, 1.165) is 34.9 Å². The Labute approximate surface area is 152 Å². The summed E-state index contributed by atoms with van der Waals surface area (Å²) in [5.74, 6) is -0.335. The van der Waals surface area contributed by atoms with Gasteiger partial charge in [-0.2, -0.15) is 0 Å². The van der Waals surface area contributed by atoms with Crippen molar-refractivity contribution in [1.29, 1.82) is 0 Å². The number of pyridine rings is 1. The molecule has 3 N–H and O–H groups in total. The van der Waals surface area contributed by atoms with Crippen molar-refractivity contribution in [2.24, 2.45) is 0 Å². The van der Waals surface area contributed by atoms with Crippen LogP contribution in [0, 0.1) is 13.8 Å². The Balaban J connectivity index is 1.87. The van der Waals surface area contributed by atoms with Crippen molar-refractivity contribution in [3.63, 3.8) is 0 Å². The van der Waals surface area contributed by atoms with Crippen LogP contribution in [-0.4, -0.2) is 38.9 Å². The molecule has 0 saturated heterocycles. The van der Waals surface area contributed by atoms with Gasteiger partial charge in [0.2, 0.25) is 5.91 Å². The van der Waals surface area contributed by atoms with Gasteiger partial charge in [-0.3, -0.25) is 14.2 Å². The summed E-state index contributed by atoms with van der Waals surface area (Å²) in [4.78, 5) is 25.1. The van der Waals surface area contributed by atoms with Gasteiger partial charge in [0.05, 0.1) is 23.8 Å². The highest BCUT2D eigenvalue weighted by molar-refractivity contribution is 5.87. The first-order valence-electron chi connectivity index (χ1n) is 9.13. The highest BCUT2D eigenvalue weighted by atomic mass is 16.3. The largest absolute Gasteiger partial charge is 0.390 e. The van der Waals surface area contributed by atoms with Crippen molar-refractivity contribution in [3.8, 4) is 0 Å². The fourth-order valence-corrected chi connectivity index (χ4v) is 3.82. The number of hydrogen-bond donors (Lipinski definition) is 3. The van der Waals surface area contributed by atoms with E-state index < -0.39 is 18.2 Å². The minimum atomic E-state index is -0.977. The molecular weight excluding hydrogens is 332 g/mol. The second kappa shape index (κ2) is 7.60. The van der Waals surface area contributed by atoms with Gasteiger partial charge in [-0.15, -0.1) is 0 Å². The molecule has 6 heteroatoms. The molecule has 3 rings (SSSR count). The number of fused-ring (bicyclic) bond motifs is 1. The number of benzene rings is 1. The van der Waals surface area contributed by atoms with E-state index in [2.05, 4.69) is 5.32 Å². The summed E-state index contributed by atoms with van der Waals surface area (Å²) in [6.07, 6.45) is 1.02. The lowest BCUT2D eigenvalue weighted by atomic mass is 10.0. The Hall–Kier alpha value is -2.18. The molecular formula is C20H26N2O4. The number of rotatable bonds is 3. The maximum atomic E-state index is 12.6. The SMILES string of the molecule is Cc1cc(=O)n(CC(=O)N[C@@H]2CCCC[C@@H](O)[C@@H]2O)c2c(C)cccc12. The predicted molar refractivity (Wildman–Crippen MR) is 100 cm³/mol. The van der Waals surface area contributed by atoms with Gasteiger partial charge >= 0.3 is 0 Å². The van der Waals surface area contributed by atoms with Crippen molar-refractivity contribution in [3.05, 3.63) is 45.7 Å². The lowest BCUT2D eigenvalue weighted by molar-refractivity contribution is -0.124. The molecule has 1 amide bonds. The number of aliphatic hydroxyl groups excluding tert-OH is 2. The smallest absolute Gasteiger partial charge is 0.251 e.